The Labute approximate surface area is 188 Å². The number of anilines is 1. The normalized spacial score (nSPS) is 10.9. The van der Waals surface area contributed by atoms with Crippen molar-refractivity contribution in [2.24, 2.45) is 0 Å². The fourth-order valence-electron chi connectivity index (χ4n) is 3.09. The van der Waals surface area contributed by atoms with Gasteiger partial charge in [-0.1, -0.05) is 35.3 Å². The summed E-state index contributed by atoms with van der Waals surface area (Å²) in [7, 11) is 0. The molecular weight excluding hydrogens is 438 g/mol. The van der Waals surface area contributed by atoms with Crippen LogP contribution >= 0.6 is 23.2 Å². The summed E-state index contributed by atoms with van der Waals surface area (Å²) < 4.78 is 15.0. The molecule has 8 heteroatoms. The number of halogens is 3. The predicted molar refractivity (Wildman–Crippen MR) is 121 cm³/mol. The van der Waals surface area contributed by atoms with E-state index < -0.39 is 5.91 Å². The standard InChI is InChI=1S/C23H17Cl2FN4O/c1-13-6-9-16(24)12-20(13)30-22(15-7-10-17(26)11-8-15)28-21(29-30)23(31)27-19-5-3-4-18(25)14(19)2/h3-12H,1-2H3,(H,27,31). The lowest BCUT2D eigenvalue weighted by Crippen LogP contribution is -2.15. The van der Waals surface area contributed by atoms with Crippen LogP contribution < -0.4 is 5.32 Å². The Morgan fingerprint density at radius 3 is 2.52 bits per heavy atom. The fraction of sp³-hybridized carbons (Fsp3) is 0.0870. The zero-order chi connectivity index (χ0) is 22.1. The van der Waals surface area contributed by atoms with Crippen LogP contribution in [0.25, 0.3) is 17.1 Å². The van der Waals surface area contributed by atoms with Crippen molar-refractivity contribution in [1.82, 2.24) is 14.8 Å². The number of aryl methyl sites for hydroxylation is 1. The zero-order valence-corrected chi connectivity index (χ0v) is 18.2. The minimum absolute atomic E-state index is 0.0434. The molecule has 0 aliphatic heterocycles. The molecule has 3 aromatic carbocycles. The number of hydrogen-bond donors (Lipinski definition) is 1. The third-order valence-corrected chi connectivity index (χ3v) is 5.47. The second-order valence-electron chi connectivity index (χ2n) is 6.98. The molecule has 0 fully saturated rings. The molecule has 1 aromatic heterocycles. The number of rotatable bonds is 4. The van der Waals surface area contributed by atoms with Gasteiger partial charge in [0.25, 0.3) is 5.91 Å². The van der Waals surface area contributed by atoms with Crippen molar-refractivity contribution in [3.8, 4) is 17.1 Å². The van der Waals surface area contributed by atoms with E-state index in [2.05, 4.69) is 15.4 Å². The lowest BCUT2D eigenvalue weighted by Gasteiger charge is -2.09. The van der Waals surface area contributed by atoms with Crippen LogP contribution in [0.4, 0.5) is 10.1 Å². The Balaban J connectivity index is 1.81. The van der Waals surface area contributed by atoms with E-state index in [9.17, 15) is 9.18 Å². The Kier molecular flexibility index (Phi) is 5.76. The summed E-state index contributed by atoms with van der Waals surface area (Å²) in [4.78, 5) is 17.4. The van der Waals surface area contributed by atoms with Gasteiger partial charge in [-0.2, -0.15) is 0 Å². The first kappa shape index (κ1) is 21.0. The quantitative estimate of drug-likeness (QED) is 0.396. The maximum absolute atomic E-state index is 13.5. The lowest BCUT2D eigenvalue weighted by molar-refractivity contribution is 0.101. The summed E-state index contributed by atoms with van der Waals surface area (Å²) in [6.45, 7) is 3.71. The maximum Gasteiger partial charge on any atom is 0.295 e. The van der Waals surface area contributed by atoms with Crippen molar-refractivity contribution in [2.75, 3.05) is 5.32 Å². The third-order valence-electron chi connectivity index (χ3n) is 4.83. The van der Waals surface area contributed by atoms with E-state index in [1.54, 1.807) is 42.5 Å². The molecule has 1 N–H and O–H groups in total. The molecule has 0 aliphatic rings. The molecular formula is C23H17Cl2FN4O. The van der Waals surface area contributed by atoms with E-state index in [0.717, 1.165) is 11.1 Å². The fourth-order valence-corrected chi connectivity index (χ4v) is 3.43. The summed E-state index contributed by atoms with van der Waals surface area (Å²) in [5, 5.41) is 8.29. The molecule has 0 aliphatic carbocycles. The number of carbonyl (C=O) groups excluding carboxylic acids is 1. The van der Waals surface area contributed by atoms with Crippen LogP contribution in [0.2, 0.25) is 10.0 Å². The predicted octanol–water partition coefficient (Wildman–Crippen LogP) is 6.25. The number of hydrogen-bond acceptors (Lipinski definition) is 3. The van der Waals surface area contributed by atoms with Crippen LogP contribution in [0.15, 0.2) is 60.7 Å². The molecule has 0 radical (unpaired) electrons. The van der Waals surface area contributed by atoms with Gasteiger partial charge in [0.2, 0.25) is 5.82 Å². The van der Waals surface area contributed by atoms with Gasteiger partial charge in [0.1, 0.15) is 5.82 Å². The van der Waals surface area contributed by atoms with Crippen molar-refractivity contribution in [2.45, 2.75) is 13.8 Å². The van der Waals surface area contributed by atoms with E-state index in [1.807, 2.05) is 19.9 Å². The van der Waals surface area contributed by atoms with Crippen LogP contribution in [0.3, 0.4) is 0 Å². The monoisotopic (exact) mass is 454 g/mol. The van der Waals surface area contributed by atoms with Crippen molar-refractivity contribution >= 4 is 34.8 Å². The van der Waals surface area contributed by atoms with E-state index in [0.29, 0.717) is 32.8 Å². The van der Waals surface area contributed by atoms with Gasteiger partial charge in [-0.3, -0.25) is 4.79 Å². The number of aromatic nitrogens is 3. The van der Waals surface area contributed by atoms with Gasteiger partial charge in [0.05, 0.1) is 5.69 Å². The minimum atomic E-state index is -0.493. The van der Waals surface area contributed by atoms with Crippen molar-refractivity contribution in [1.29, 1.82) is 0 Å². The number of benzene rings is 3. The molecule has 4 aromatic rings. The highest BCUT2D eigenvalue weighted by Crippen LogP contribution is 2.27. The van der Waals surface area contributed by atoms with Crippen LogP contribution in [0, 0.1) is 19.7 Å². The first-order valence-corrected chi connectivity index (χ1v) is 10.1. The molecule has 0 unspecified atom stereocenters. The highest BCUT2D eigenvalue weighted by Gasteiger charge is 2.21. The molecule has 0 bridgehead atoms. The number of amides is 1. The number of carbonyl (C=O) groups is 1. The van der Waals surface area contributed by atoms with Crippen LogP contribution in [-0.4, -0.2) is 20.7 Å². The maximum atomic E-state index is 13.5. The second-order valence-corrected chi connectivity index (χ2v) is 7.82. The average Bonchev–Trinajstić information content (AvgIpc) is 3.19. The Morgan fingerprint density at radius 2 is 1.77 bits per heavy atom. The Morgan fingerprint density at radius 1 is 1.03 bits per heavy atom. The highest BCUT2D eigenvalue weighted by atomic mass is 35.5. The van der Waals surface area contributed by atoms with Crippen LogP contribution in [-0.2, 0) is 0 Å². The van der Waals surface area contributed by atoms with E-state index >= 15 is 0 Å². The average molecular weight is 455 g/mol. The molecule has 156 valence electrons. The van der Waals surface area contributed by atoms with Crippen molar-refractivity contribution < 1.29 is 9.18 Å². The Bertz CT molecular complexity index is 1290. The topological polar surface area (TPSA) is 59.8 Å². The summed E-state index contributed by atoms with van der Waals surface area (Å²) >= 11 is 12.3. The smallest absolute Gasteiger partial charge is 0.295 e. The van der Waals surface area contributed by atoms with Crippen LogP contribution in [0.5, 0.6) is 0 Å². The second kappa shape index (κ2) is 8.49. The molecule has 1 heterocycles. The third kappa shape index (κ3) is 4.31. The summed E-state index contributed by atoms with van der Waals surface area (Å²) in [5.41, 5.74) is 3.45. The molecule has 4 rings (SSSR count). The van der Waals surface area contributed by atoms with Gasteiger partial charge in [-0.25, -0.2) is 14.1 Å². The first-order valence-electron chi connectivity index (χ1n) is 9.39. The summed E-state index contributed by atoms with van der Waals surface area (Å²) in [6.07, 6.45) is 0. The van der Waals surface area contributed by atoms with Gasteiger partial charge in [0, 0.05) is 21.3 Å². The lowest BCUT2D eigenvalue weighted by atomic mass is 10.1. The summed E-state index contributed by atoms with van der Waals surface area (Å²) in [6, 6.07) is 16.4. The highest BCUT2D eigenvalue weighted by molar-refractivity contribution is 6.32. The van der Waals surface area contributed by atoms with E-state index in [-0.39, 0.29) is 11.6 Å². The van der Waals surface area contributed by atoms with Crippen molar-refractivity contribution in [3.05, 3.63) is 93.5 Å². The molecule has 1 amide bonds. The van der Waals surface area contributed by atoms with Gasteiger partial charge < -0.3 is 5.32 Å². The molecule has 0 saturated heterocycles. The SMILES string of the molecule is Cc1ccc(Cl)cc1-n1nc(C(=O)Nc2cccc(Cl)c2C)nc1-c1ccc(F)cc1. The number of nitrogens with one attached hydrogen (secondary N) is 1. The Hall–Kier alpha value is -3.22. The molecule has 0 atom stereocenters. The number of nitrogens with zero attached hydrogens (tertiary/aromatic N) is 3. The van der Waals surface area contributed by atoms with Gasteiger partial charge in [-0.05, 0) is 73.5 Å². The minimum Gasteiger partial charge on any atom is -0.319 e. The summed E-state index contributed by atoms with van der Waals surface area (Å²) in [5.74, 6) is -0.522. The first-order chi connectivity index (χ1) is 14.8. The largest absolute Gasteiger partial charge is 0.319 e. The van der Waals surface area contributed by atoms with Crippen LogP contribution in [0.1, 0.15) is 21.7 Å². The zero-order valence-electron chi connectivity index (χ0n) is 16.7. The van der Waals surface area contributed by atoms with Gasteiger partial charge >= 0.3 is 0 Å². The molecule has 5 nitrogen and oxygen atoms in total. The van der Waals surface area contributed by atoms with Crippen molar-refractivity contribution in [3.63, 3.8) is 0 Å². The van der Waals surface area contributed by atoms with Gasteiger partial charge in [0.15, 0.2) is 5.82 Å². The molecule has 31 heavy (non-hydrogen) atoms. The molecule has 0 saturated carbocycles. The molecule has 0 spiro atoms. The van der Waals surface area contributed by atoms with Gasteiger partial charge in [-0.15, -0.1) is 5.10 Å². The van der Waals surface area contributed by atoms with E-state index in [1.165, 1.54) is 16.8 Å². The van der Waals surface area contributed by atoms with E-state index in [4.69, 9.17) is 23.2 Å².